The summed E-state index contributed by atoms with van der Waals surface area (Å²) in [6.45, 7) is 9.75. The average molecular weight is 834 g/mol. The van der Waals surface area contributed by atoms with Crippen LogP contribution in [0.3, 0.4) is 0 Å². The second kappa shape index (κ2) is 14.0. The summed E-state index contributed by atoms with van der Waals surface area (Å²) in [6.07, 6.45) is 0. The van der Waals surface area contributed by atoms with Crippen molar-refractivity contribution in [2.45, 2.75) is 50.9 Å². The molecule has 0 aliphatic heterocycles. The van der Waals surface area contributed by atoms with Gasteiger partial charge in [0.1, 0.15) is 11.2 Å². The van der Waals surface area contributed by atoms with Crippen molar-refractivity contribution in [1.82, 2.24) is 0 Å². The summed E-state index contributed by atoms with van der Waals surface area (Å²) in [5.74, 6) is 0. The van der Waals surface area contributed by atoms with Crippen LogP contribution in [0.1, 0.15) is 87.3 Å². The van der Waals surface area contributed by atoms with Crippen LogP contribution < -0.4 is 4.90 Å². The van der Waals surface area contributed by atoms with Crippen LogP contribution in [0.25, 0.3) is 55.3 Å². The molecule has 2 nitrogen and oxygen atoms in total. The zero-order valence-electron chi connectivity index (χ0n) is 46.2. The van der Waals surface area contributed by atoms with Crippen LogP contribution in [0.2, 0.25) is 0 Å². The lowest BCUT2D eigenvalue weighted by Crippen LogP contribution is -2.28. The Morgan fingerprint density at radius 3 is 1.80 bits per heavy atom. The molecule has 1 aromatic heterocycles. The maximum Gasteiger partial charge on any atom is 0.137 e. The highest BCUT2D eigenvalue weighted by Gasteiger charge is 2.46. The number of hydrogen-bond acceptors (Lipinski definition) is 2. The molecule has 12 rings (SSSR count). The van der Waals surface area contributed by atoms with E-state index in [1.807, 2.05) is 53.4 Å². The Morgan fingerprint density at radius 1 is 0.500 bits per heavy atom. The van der Waals surface area contributed by atoms with Crippen LogP contribution in [-0.4, -0.2) is 0 Å². The number of anilines is 3. The molecule has 0 radical (unpaired) electrons. The predicted octanol–water partition coefficient (Wildman–Crippen LogP) is 16.7. The number of rotatable bonds is 6. The minimum absolute atomic E-state index is 0.0563. The van der Waals surface area contributed by atoms with E-state index in [-0.39, 0.29) is 62.4 Å². The van der Waals surface area contributed by atoms with Crippen molar-refractivity contribution in [3.63, 3.8) is 0 Å². The van der Waals surface area contributed by atoms with Crippen molar-refractivity contribution in [3.05, 3.63) is 245 Å². The highest BCUT2D eigenvalue weighted by molar-refractivity contribution is 6.14. The molecule has 0 N–H and O–H groups in total. The van der Waals surface area contributed by atoms with Crippen molar-refractivity contribution in [2.75, 3.05) is 4.90 Å². The second-order valence-electron chi connectivity index (χ2n) is 18.5. The molecule has 0 bridgehead atoms. The van der Waals surface area contributed by atoms with Gasteiger partial charge in [-0.25, -0.2) is 0 Å². The van der Waals surface area contributed by atoms with Gasteiger partial charge in [0.05, 0.1) is 30.2 Å². The summed E-state index contributed by atoms with van der Waals surface area (Å²) in [7, 11) is 0. The van der Waals surface area contributed by atoms with E-state index in [0.717, 1.165) is 55.6 Å². The lowest BCUT2D eigenvalue weighted by Gasteiger charge is -2.35. The zero-order valence-corrected chi connectivity index (χ0v) is 36.2. The van der Waals surface area contributed by atoms with Crippen LogP contribution in [0, 0.1) is 0 Å². The molecule has 1 heterocycles. The van der Waals surface area contributed by atoms with Gasteiger partial charge in [0.2, 0.25) is 0 Å². The maximum absolute atomic E-state index is 10.1. The molecule has 308 valence electrons. The molecule has 2 aliphatic carbocycles. The van der Waals surface area contributed by atoms with Crippen molar-refractivity contribution in [1.29, 1.82) is 0 Å². The van der Waals surface area contributed by atoms with Crippen molar-refractivity contribution in [2.24, 2.45) is 0 Å². The Bertz CT molecular complexity index is 3980. The van der Waals surface area contributed by atoms with Crippen molar-refractivity contribution >= 4 is 39.0 Å². The smallest absolute Gasteiger partial charge is 0.137 e. The minimum atomic E-state index is -0.823. The highest BCUT2D eigenvalue weighted by Crippen LogP contribution is 2.57. The van der Waals surface area contributed by atoms with E-state index < -0.39 is 58.5 Å². The van der Waals surface area contributed by atoms with Gasteiger partial charge in [0.25, 0.3) is 0 Å². The Kier molecular flexibility index (Phi) is 6.37. The fourth-order valence-electron chi connectivity index (χ4n) is 10.4. The molecule has 0 unspecified atom stereocenters. The lowest BCUT2D eigenvalue weighted by atomic mass is 9.67. The van der Waals surface area contributed by atoms with Gasteiger partial charge in [0.15, 0.2) is 0 Å². The summed E-state index contributed by atoms with van der Waals surface area (Å²) >= 11 is 0. The number of furan rings is 1. The molecule has 0 fully saturated rings. The fourth-order valence-corrected chi connectivity index (χ4v) is 10.4. The Labute approximate surface area is 390 Å². The third-order valence-electron chi connectivity index (χ3n) is 13.4. The first-order valence-corrected chi connectivity index (χ1v) is 21.8. The number of benzene rings is 9. The first kappa shape index (κ1) is 29.0. The molecule has 2 aliphatic rings. The van der Waals surface area contributed by atoms with Crippen LogP contribution in [0.4, 0.5) is 17.1 Å². The van der Waals surface area contributed by atoms with Gasteiger partial charge in [-0.05, 0) is 126 Å². The first-order valence-electron chi connectivity index (χ1n) is 26.8. The van der Waals surface area contributed by atoms with Crippen molar-refractivity contribution < 1.29 is 18.1 Å². The van der Waals surface area contributed by atoms with Crippen molar-refractivity contribution in [3.8, 4) is 33.4 Å². The number of fused-ring (bicyclic) bond motifs is 9. The molecule has 0 saturated carbocycles. The first-order chi connectivity index (χ1) is 35.3. The largest absolute Gasteiger partial charge is 0.456 e. The van der Waals surface area contributed by atoms with Gasteiger partial charge in [-0.15, -0.1) is 0 Å². The molecular formula is C62H49NO. The van der Waals surface area contributed by atoms with Gasteiger partial charge in [0, 0.05) is 22.2 Å². The third kappa shape index (κ3) is 5.58. The van der Waals surface area contributed by atoms with E-state index in [9.17, 15) is 11.0 Å². The van der Waals surface area contributed by atoms with Crippen LogP contribution in [0.5, 0.6) is 0 Å². The van der Waals surface area contributed by atoms with Gasteiger partial charge in [-0.1, -0.05) is 192 Å². The quantitative estimate of drug-likeness (QED) is 0.166. The molecule has 10 aromatic rings. The van der Waals surface area contributed by atoms with E-state index >= 15 is 0 Å². The Balaban J connectivity index is 1.21. The molecule has 64 heavy (non-hydrogen) atoms. The molecule has 0 amide bonds. The third-order valence-corrected chi connectivity index (χ3v) is 13.4. The zero-order chi connectivity index (χ0) is 52.1. The fraction of sp³-hybridized carbons (Fsp3) is 0.129. The molecule has 9 aromatic carbocycles. The van der Waals surface area contributed by atoms with E-state index in [0.29, 0.717) is 11.4 Å². The van der Waals surface area contributed by atoms with Gasteiger partial charge in [-0.3, -0.25) is 0 Å². The standard InChI is InChI=1S/C62H49NO/c1-60(2,3)42-32-29-40(30-33-42)41-31-36-57-51(37-41)59-56(27-16-28-58(59)64-57)63(46-34-35-50-47-21-9-12-24-52(47)61(4,5)55(50)39-46)45-20-15-19-44(38-45)62(43-17-7-6-8-18-43)53-25-13-10-22-48(53)49-23-11-14-26-54(49)62/h6-39H,1-5H3/i16D,27D,28D,29D,30D,31D,32D,33D,36D,37D. The van der Waals surface area contributed by atoms with Gasteiger partial charge < -0.3 is 9.32 Å². The summed E-state index contributed by atoms with van der Waals surface area (Å²) < 4.78 is 101. The summed E-state index contributed by atoms with van der Waals surface area (Å²) in [6, 6.07) is 45.6. The molecule has 0 spiro atoms. The Morgan fingerprint density at radius 2 is 1.09 bits per heavy atom. The summed E-state index contributed by atoms with van der Waals surface area (Å²) in [5.41, 5.74) is 9.07. The normalized spacial score (nSPS) is 16.5. The summed E-state index contributed by atoms with van der Waals surface area (Å²) in [5, 5.41) is 0.00862. The van der Waals surface area contributed by atoms with E-state index in [2.05, 4.69) is 111 Å². The molecule has 0 atom stereocenters. The van der Waals surface area contributed by atoms with Gasteiger partial charge in [-0.2, -0.15) is 0 Å². The number of nitrogens with zero attached hydrogens (tertiary/aromatic N) is 1. The molecular weight excluding hydrogens is 775 g/mol. The van der Waals surface area contributed by atoms with Crippen LogP contribution in [-0.2, 0) is 16.2 Å². The summed E-state index contributed by atoms with van der Waals surface area (Å²) in [4.78, 5) is 1.89. The van der Waals surface area contributed by atoms with E-state index in [1.54, 1.807) is 20.8 Å². The Hall–Kier alpha value is -7.42. The second-order valence-corrected chi connectivity index (χ2v) is 18.5. The van der Waals surface area contributed by atoms with Gasteiger partial charge >= 0.3 is 0 Å². The molecule has 0 saturated heterocycles. The van der Waals surface area contributed by atoms with E-state index in [1.165, 1.54) is 0 Å². The van der Waals surface area contributed by atoms with Crippen LogP contribution >= 0.6 is 0 Å². The lowest BCUT2D eigenvalue weighted by molar-refractivity contribution is 0.590. The monoisotopic (exact) mass is 833 g/mol. The average Bonchev–Trinajstić information content (AvgIpc) is 4.01. The van der Waals surface area contributed by atoms with Crippen LogP contribution in [0.15, 0.2) is 210 Å². The van der Waals surface area contributed by atoms with E-state index in [4.69, 9.17) is 7.16 Å². The SMILES string of the molecule is [2H]c1c([2H])c(C(C)(C)C)c([2H])c([2H])c1-c1c([2H])c([2H])c2oc3c([2H])c([2H])c([2H])c(N(c4cccc(C5(c6ccccc6)c6ccccc6-c6ccccc65)c4)c4ccc5c(c4)C(C)(C)c4ccccc4-5)c3c2c1[2H]. The topological polar surface area (TPSA) is 16.4 Å². The highest BCUT2D eigenvalue weighted by atomic mass is 16.3. The number of hydrogen-bond donors (Lipinski definition) is 0. The molecule has 2 heteroatoms. The maximum atomic E-state index is 10.1. The minimum Gasteiger partial charge on any atom is -0.456 e. The predicted molar refractivity (Wildman–Crippen MR) is 267 cm³/mol.